The molecule has 0 radical (unpaired) electrons. The largest absolute Gasteiger partial charge is 0.316 e. The molecule has 0 saturated heterocycles. The van der Waals surface area contributed by atoms with Crippen LogP contribution in [-0.4, -0.2) is 28.7 Å². The normalized spacial score (nSPS) is 11.8. The molecule has 53 heavy (non-hydrogen) atoms. The molecule has 0 unspecified atom stereocenters. The summed E-state index contributed by atoms with van der Waals surface area (Å²) in [4.78, 5) is 15.2. The van der Waals surface area contributed by atoms with Gasteiger partial charge in [0, 0.05) is 55.6 Å². The third-order valence-electron chi connectivity index (χ3n) is 10.3. The summed E-state index contributed by atoms with van der Waals surface area (Å²) < 4.78 is 6.88. The minimum Gasteiger partial charge on any atom is -0.316 e. The van der Waals surface area contributed by atoms with Gasteiger partial charge in [0.15, 0.2) is 11.6 Å². The van der Waals surface area contributed by atoms with E-state index in [-0.39, 0.29) is 0 Å². The quantitative estimate of drug-likeness (QED) is 0.182. The zero-order chi connectivity index (χ0) is 34.9. The topological polar surface area (TPSA) is 53.5 Å². The van der Waals surface area contributed by atoms with Crippen molar-refractivity contribution in [3.05, 3.63) is 182 Å². The Bertz CT molecular complexity index is 3100. The van der Waals surface area contributed by atoms with Crippen molar-refractivity contribution in [2.24, 2.45) is 0 Å². The first-order chi connectivity index (χ1) is 26.3. The highest BCUT2D eigenvalue weighted by atomic mass is 15.2. The van der Waals surface area contributed by atoms with Crippen LogP contribution in [0.5, 0.6) is 0 Å². The molecule has 0 atom stereocenters. The SMILES string of the molecule is c1ccc(-c2nc(-c3ccccc3)nc(-n3c4ccccc4c4cc(-n5c6ccccc6c6ccc7c(ccn7-c7ccccc7)c65)ccc43)n2)cc1. The van der Waals surface area contributed by atoms with Crippen LogP contribution >= 0.6 is 0 Å². The van der Waals surface area contributed by atoms with Crippen LogP contribution < -0.4 is 0 Å². The number of benzene rings is 7. The van der Waals surface area contributed by atoms with Crippen LogP contribution in [-0.2, 0) is 0 Å². The maximum Gasteiger partial charge on any atom is 0.238 e. The van der Waals surface area contributed by atoms with Gasteiger partial charge in [-0.25, -0.2) is 4.98 Å². The van der Waals surface area contributed by atoms with Gasteiger partial charge in [0.05, 0.1) is 27.6 Å². The highest BCUT2D eigenvalue weighted by molar-refractivity contribution is 6.19. The number of para-hydroxylation sites is 3. The van der Waals surface area contributed by atoms with Gasteiger partial charge in [-0.3, -0.25) is 4.57 Å². The number of hydrogen-bond acceptors (Lipinski definition) is 3. The Morgan fingerprint density at radius 1 is 0.340 bits per heavy atom. The summed E-state index contributed by atoms with van der Waals surface area (Å²) >= 11 is 0. The van der Waals surface area contributed by atoms with Gasteiger partial charge in [-0.1, -0.05) is 121 Å². The zero-order valence-corrected chi connectivity index (χ0v) is 28.5. The summed E-state index contributed by atoms with van der Waals surface area (Å²) in [7, 11) is 0. The molecule has 6 nitrogen and oxygen atoms in total. The average molecular weight is 679 g/mol. The molecule has 6 heteroatoms. The number of fused-ring (bicyclic) bond motifs is 8. The van der Waals surface area contributed by atoms with E-state index in [9.17, 15) is 0 Å². The van der Waals surface area contributed by atoms with Gasteiger partial charge in [-0.2, -0.15) is 9.97 Å². The molecule has 0 fully saturated rings. The van der Waals surface area contributed by atoms with E-state index in [0.717, 1.165) is 44.3 Å². The molecule has 0 spiro atoms. The molecular formula is C47H30N6. The fourth-order valence-electron chi connectivity index (χ4n) is 7.97. The Balaban J connectivity index is 1.17. The molecule has 0 amide bonds. The Labute approximate surface area is 304 Å². The number of nitrogens with zero attached hydrogens (tertiary/aromatic N) is 6. The maximum atomic E-state index is 5.12. The first-order valence-corrected chi connectivity index (χ1v) is 17.8. The van der Waals surface area contributed by atoms with E-state index in [4.69, 9.17) is 15.0 Å². The molecular weight excluding hydrogens is 649 g/mol. The molecule has 11 aromatic rings. The molecule has 248 valence electrons. The van der Waals surface area contributed by atoms with Crippen LogP contribution in [0.2, 0.25) is 0 Å². The summed E-state index contributed by atoms with van der Waals surface area (Å²) in [5, 5.41) is 5.92. The first-order valence-electron chi connectivity index (χ1n) is 17.8. The van der Waals surface area contributed by atoms with Crippen molar-refractivity contribution in [1.82, 2.24) is 28.7 Å². The summed E-state index contributed by atoms with van der Waals surface area (Å²) in [5.74, 6) is 1.85. The molecule has 0 aliphatic heterocycles. The van der Waals surface area contributed by atoms with Gasteiger partial charge < -0.3 is 9.13 Å². The van der Waals surface area contributed by atoms with Crippen molar-refractivity contribution in [2.45, 2.75) is 0 Å². The van der Waals surface area contributed by atoms with Gasteiger partial charge >= 0.3 is 0 Å². The summed E-state index contributed by atoms with van der Waals surface area (Å²) in [6.07, 6.45) is 2.18. The summed E-state index contributed by atoms with van der Waals surface area (Å²) in [6, 6.07) is 61.6. The Morgan fingerprint density at radius 2 is 0.887 bits per heavy atom. The van der Waals surface area contributed by atoms with E-state index >= 15 is 0 Å². The lowest BCUT2D eigenvalue weighted by molar-refractivity contribution is 0.953. The van der Waals surface area contributed by atoms with E-state index < -0.39 is 0 Å². The van der Waals surface area contributed by atoms with Gasteiger partial charge in [0.25, 0.3) is 0 Å². The number of hydrogen-bond donors (Lipinski definition) is 0. The van der Waals surface area contributed by atoms with Crippen molar-refractivity contribution < 1.29 is 0 Å². The molecule has 7 aromatic carbocycles. The van der Waals surface area contributed by atoms with Crippen molar-refractivity contribution in [1.29, 1.82) is 0 Å². The Hall–Kier alpha value is -7.31. The van der Waals surface area contributed by atoms with Gasteiger partial charge in [0.1, 0.15) is 0 Å². The lowest BCUT2D eigenvalue weighted by Gasteiger charge is -2.12. The van der Waals surface area contributed by atoms with E-state index in [1.807, 2.05) is 60.7 Å². The smallest absolute Gasteiger partial charge is 0.238 e. The monoisotopic (exact) mass is 678 g/mol. The fourth-order valence-corrected chi connectivity index (χ4v) is 7.97. The summed E-state index contributed by atoms with van der Waals surface area (Å²) in [6.45, 7) is 0. The van der Waals surface area contributed by atoms with Crippen LogP contribution in [0.25, 0.3) is 94.6 Å². The zero-order valence-electron chi connectivity index (χ0n) is 28.5. The van der Waals surface area contributed by atoms with E-state index in [2.05, 4.69) is 135 Å². The second kappa shape index (κ2) is 11.6. The highest BCUT2D eigenvalue weighted by Crippen LogP contribution is 2.40. The molecule has 0 saturated carbocycles. The maximum absolute atomic E-state index is 5.12. The van der Waals surface area contributed by atoms with Gasteiger partial charge in [-0.15, -0.1) is 0 Å². The predicted molar refractivity (Wildman–Crippen MR) is 216 cm³/mol. The molecule has 0 bridgehead atoms. The van der Waals surface area contributed by atoms with Crippen LogP contribution in [0, 0.1) is 0 Å². The van der Waals surface area contributed by atoms with Crippen LogP contribution in [0.3, 0.4) is 0 Å². The van der Waals surface area contributed by atoms with Gasteiger partial charge in [-0.05, 0) is 54.6 Å². The third kappa shape index (κ3) is 4.56. The first kappa shape index (κ1) is 29.4. The number of rotatable bonds is 5. The molecule has 4 heterocycles. The predicted octanol–water partition coefficient (Wildman–Crippen LogP) is 11.3. The second-order valence-corrected chi connectivity index (χ2v) is 13.3. The lowest BCUT2D eigenvalue weighted by atomic mass is 10.1. The Kier molecular flexibility index (Phi) is 6.45. The van der Waals surface area contributed by atoms with Crippen molar-refractivity contribution >= 4 is 54.5 Å². The van der Waals surface area contributed by atoms with E-state index in [1.165, 1.54) is 32.7 Å². The van der Waals surface area contributed by atoms with Crippen LogP contribution in [0.4, 0.5) is 0 Å². The lowest BCUT2D eigenvalue weighted by Crippen LogP contribution is -2.06. The third-order valence-corrected chi connectivity index (χ3v) is 10.3. The minimum atomic E-state index is 0.581. The van der Waals surface area contributed by atoms with Gasteiger partial charge in [0.2, 0.25) is 5.95 Å². The second-order valence-electron chi connectivity index (χ2n) is 13.3. The van der Waals surface area contributed by atoms with Crippen molar-refractivity contribution in [3.63, 3.8) is 0 Å². The number of aromatic nitrogens is 6. The molecule has 0 aliphatic carbocycles. The molecule has 0 aliphatic rings. The highest BCUT2D eigenvalue weighted by Gasteiger charge is 2.21. The molecule has 0 N–H and O–H groups in total. The van der Waals surface area contributed by atoms with E-state index in [1.54, 1.807) is 0 Å². The summed E-state index contributed by atoms with van der Waals surface area (Å²) in [5.41, 5.74) is 9.71. The average Bonchev–Trinajstić information content (AvgIpc) is 3.92. The molecule has 11 rings (SSSR count). The van der Waals surface area contributed by atoms with Crippen LogP contribution in [0.15, 0.2) is 182 Å². The van der Waals surface area contributed by atoms with E-state index in [0.29, 0.717) is 17.6 Å². The van der Waals surface area contributed by atoms with Crippen molar-refractivity contribution in [2.75, 3.05) is 0 Å². The Morgan fingerprint density at radius 3 is 1.57 bits per heavy atom. The fraction of sp³-hybridized carbons (Fsp3) is 0. The van der Waals surface area contributed by atoms with Crippen molar-refractivity contribution in [3.8, 4) is 40.1 Å². The standard InChI is InChI=1S/C47H30N6/c1-4-14-31(15-5-1)45-48-46(32-16-6-2-7-17-32)50-47(49-45)53-42-23-13-11-21-36(42)39-30-34(24-26-43(39)53)52-41-22-12-10-20-35(41)37-25-27-40-38(44(37)52)28-29-51(40)33-18-8-3-9-19-33/h1-30H. The molecule has 4 aromatic heterocycles. The minimum absolute atomic E-state index is 0.581. The van der Waals surface area contributed by atoms with Crippen LogP contribution in [0.1, 0.15) is 0 Å².